The highest BCUT2D eigenvalue weighted by Gasteiger charge is 2.37. The third-order valence-electron chi connectivity index (χ3n) is 9.49. The number of nitrogens with zero attached hydrogens (tertiary/aromatic N) is 5. The Hall–Kier alpha value is -4.11. The third kappa shape index (κ3) is 6.75. The van der Waals surface area contributed by atoms with Gasteiger partial charge in [0.25, 0.3) is 5.91 Å². The predicted octanol–water partition coefficient (Wildman–Crippen LogP) is 5.18. The molecule has 2 amide bonds. The van der Waals surface area contributed by atoms with Crippen LogP contribution in [0.4, 0.5) is 23.7 Å². The maximum Gasteiger partial charge on any atom is 0.418 e. The number of carbonyl (C=O) groups is 2. The number of nitrogens with two attached hydrogens (primary N) is 1. The van der Waals surface area contributed by atoms with Crippen molar-refractivity contribution in [3.8, 4) is 0 Å². The average Bonchev–Trinajstić information content (AvgIpc) is 3.41. The largest absolute Gasteiger partial charge is 0.436 e. The first-order chi connectivity index (χ1) is 22.8. The van der Waals surface area contributed by atoms with Crippen LogP contribution in [0.15, 0.2) is 51.9 Å². The maximum atomic E-state index is 13.8. The Balaban J connectivity index is 1.19. The highest BCUT2D eigenvalue weighted by molar-refractivity contribution is 9.10. The molecule has 3 N–H and O–H groups in total. The second-order valence-electron chi connectivity index (χ2n) is 12.7. The molecule has 0 spiro atoms. The zero-order valence-electron chi connectivity index (χ0n) is 26.6. The van der Waals surface area contributed by atoms with Crippen LogP contribution in [0, 0.1) is 0 Å². The highest BCUT2D eigenvalue weighted by Crippen LogP contribution is 2.38. The number of fused-ring (bicyclic) bond motifs is 3. The van der Waals surface area contributed by atoms with Gasteiger partial charge in [-0.3, -0.25) is 14.3 Å². The molecule has 4 aromatic rings. The van der Waals surface area contributed by atoms with E-state index >= 15 is 0 Å². The Labute approximate surface area is 282 Å². The Morgan fingerprint density at radius 2 is 1.75 bits per heavy atom. The van der Waals surface area contributed by atoms with E-state index in [-0.39, 0.29) is 47.3 Å². The lowest BCUT2D eigenvalue weighted by atomic mass is 10.00. The summed E-state index contributed by atoms with van der Waals surface area (Å²) in [7, 11) is 3.95. The summed E-state index contributed by atoms with van der Waals surface area (Å²) in [6, 6.07) is 9.94. The van der Waals surface area contributed by atoms with Crippen LogP contribution in [0.2, 0.25) is 0 Å². The number of imidazole rings is 1. The SMILES string of the molecule is CN(C)C1CCN(C(=O)[C@@H](Cc2cc(Br)c(N)c(C(F)(F)F)c2)OC(=O)N2CCC(n3c(=O)[nH]c4c5ccccc5ncc43)CC2)CC1. The number of hydrogen-bond donors (Lipinski definition) is 2. The highest BCUT2D eigenvalue weighted by atomic mass is 79.9. The maximum absolute atomic E-state index is 13.8. The number of amides is 2. The molecule has 2 aromatic heterocycles. The quantitative estimate of drug-likeness (QED) is 0.262. The molecule has 2 aliphatic heterocycles. The van der Waals surface area contributed by atoms with Gasteiger partial charge in [-0.15, -0.1) is 0 Å². The number of aromatic amines is 1. The van der Waals surface area contributed by atoms with Gasteiger partial charge >= 0.3 is 18.0 Å². The van der Waals surface area contributed by atoms with Gasteiger partial charge in [0.05, 0.1) is 34.0 Å². The number of nitrogens with one attached hydrogen (secondary N) is 1. The summed E-state index contributed by atoms with van der Waals surface area (Å²) in [4.78, 5) is 53.1. The van der Waals surface area contributed by atoms with Gasteiger partial charge in [0, 0.05) is 54.5 Å². The van der Waals surface area contributed by atoms with Crippen molar-refractivity contribution in [1.82, 2.24) is 29.2 Å². The number of pyridine rings is 1. The zero-order chi connectivity index (χ0) is 34.3. The molecule has 11 nitrogen and oxygen atoms in total. The summed E-state index contributed by atoms with van der Waals surface area (Å²) in [5.74, 6) is -0.456. The van der Waals surface area contributed by atoms with Crippen molar-refractivity contribution >= 4 is 55.6 Å². The summed E-state index contributed by atoms with van der Waals surface area (Å²) >= 11 is 3.11. The van der Waals surface area contributed by atoms with Gasteiger partial charge in [-0.25, -0.2) is 9.59 Å². The lowest BCUT2D eigenvalue weighted by molar-refractivity contribution is -0.142. The molecule has 2 aliphatic rings. The Morgan fingerprint density at radius 3 is 2.42 bits per heavy atom. The molecule has 2 fully saturated rings. The number of nitrogen functional groups attached to an aromatic ring is 1. The van der Waals surface area contributed by atoms with Crippen LogP contribution in [-0.4, -0.2) is 93.7 Å². The number of ether oxygens (including phenoxy) is 1. The molecule has 0 bridgehead atoms. The molecule has 2 aromatic carbocycles. The van der Waals surface area contributed by atoms with Crippen LogP contribution >= 0.6 is 15.9 Å². The molecular formula is C33H37BrF3N7O4. The number of benzene rings is 2. The fraction of sp³-hybridized carbons (Fsp3) is 0.455. The molecular weight excluding hydrogens is 695 g/mol. The molecule has 4 heterocycles. The number of para-hydroxylation sites is 1. The first kappa shape index (κ1) is 33.8. The molecule has 2 saturated heterocycles. The van der Waals surface area contributed by atoms with Gasteiger partial charge in [0.1, 0.15) is 0 Å². The van der Waals surface area contributed by atoms with E-state index in [2.05, 4.69) is 30.8 Å². The summed E-state index contributed by atoms with van der Waals surface area (Å²) in [5, 5.41) is 0.837. The monoisotopic (exact) mass is 731 g/mol. The number of carbonyl (C=O) groups excluding carboxylic acids is 2. The van der Waals surface area contributed by atoms with E-state index in [9.17, 15) is 27.6 Å². The van der Waals surface area contributed by atoms with Gasteiger partial charge in [0.15, 0.2) is 6.10 Å². The van der Waals surface area contributed by atoms with Gasteiger partial charge in [0.2, 0.25) is 0 Å². The minimum absolute atomic E-state index is 0.0365. The van der Waals surface area contributed by atoms with Gasteiger partial charge in [-0.1, -0.05) is 18.2 Å². The number of alkyl halides is 3. The number of halogens is 4. The van der Waals surface area contributed by atoms with E-state index in [1.165, 1.54) is 11.0 Å². The van der Waals surface area contributed by atoms with Crippen LogP contribution in [-0.2, 0) is 22.1 Å². The standard InChI is InChI=1S/C33H37BrF3N7O4/c1-41(2)20-7-11-42(12-8-20)30(45)27(17-19-15-23(33(35,36)37)28(38)24(34)16-19)48-32(47)43-13-9-21(10-14-43)44-26-18-39-25-6-4-3-5-22(25)29(26)40-31(44)46/h3-6,15-16,18,20-21,27H,7-14,17,38H2,1-2H3,(H,40,46)/t27-/m1/s1. The first-order valence-electron chi connectivity index (χ1n) is 15.9. The number of hydrogen-bond acceptors (Lipinski definition) is 7. The average molecular weight is 733 g/mol. The second-order valence-corrected chi connectivity index (χ2v) is 13.5. The fourth-order valence-corrected chi connectivity index (χ4v) is 7.32. The van der Waals surface area contributed by atoms with Crippen molar-refractivity contribution in [3.05, 3.63) is 68.7 Å². The van der Waals surface area contributed by atoms with Crippen molar-refractivity contribution in [3.63, 3.8) is 0 Å². The van der Waals surface area contributed by atoms with Crippen LogP contribution in [0.5, 0.6) is 0 Å². The van der Waals surface area contributed by atoms with E-state index in [0.29, 0.717) is 37.0 Å². The van der Waals surface area contributed by atoms with E-state index < -0.39 is 35.5 Å². The number of H-pyrrole nitrogens is 1. The molecule has 15 heteroatoms. The summed E-state index contributed by atoms with van der Waals surface area (Å²) in [6.45, 7) is 1.38. The van der Waals surface area contributed by atoms with E-state index in [1.54, 1.807) is 15.7 Å². The molecule has 6 rings (SSSR count). The molecule has 0 aliphatic carbocycles. The number of likely N-dealkylation sites (tertiary alicyclic amines) is 2. The Kier molecular flexibility index (Phi) is 9.44. The lowest BCUT2D eigenvalue weighted by Crippen LogP contribution is -2.50. The van der Waals surface area contributed by atoms with Crippen LogP contribution in [0.3, 0.4) is 0 Å². The summed E-state index contributed by atoms with van der Waals surface area (Å²) in [6.07, 6.45) is -3.05. The van der Waals surface area contributed by atoms with E-state index in [4.69, 9.17) is 10.5 Å². The van der Waals surface area contributed by atoms with Crippen molar-refractivity contribution in [1.29, 1.82) is 0 Å². The smallest absolute Gasteiger partial charge is 0.418 e. The lowest BCUT2D eigenvalue weighted by Gasteiger charge is -2.37. The van der Waals surface area contributed by atoms with Crippen molar-refractivity contribution < 1.29 is 27.5 Å². The van der Waals surface area contributed by atoms with Crippen molar-refractivity contribution in [2.24, 2.45) is 0 Å². The van der Waals surface area contributed by atoms with Crippen LogP contribution in [0.1, 0.15) is 42.9 Å². The van der Waals surface area contributed by atoms with Crippen molar-refractivity contribution in [2.75, 3.05) is 46.0 Å². The van der Waals surface area contributed by atoms with Crippen molar-refractivity contribution in [2.45, 2.75) is 56.5 Å². The molecule has 0 saturated carbocycles. The van der Waals surface area contributed by atoms with E-state index in [1.807, 2.05) is 38.4 Å². The molecule has 0 unspecified atom stereocenters. The molecule has 48 heavy (non-hydrogen) atoms. The zero-order valence-corrected chi connectivity index (χ0v) is 28.2. The van der Waals surface area contributed by atoms with Gasteiger partial charge < -0.3 is 30.2 Å². The normalized spacial score (nSPS) is 17.4. The number of piperidine rings is 2. The topological polar surface area (TPSA) is 130 Å². The molecule has 0 radical (unpaired) electrons. The number of aromatic nitrogens is 3. The first-order valence-corrected chi connectivity index (χ1v) is 16.6. The minimum atomic E-state index is -4.72. The molecule has 256 valence electrons. The number of anilines is 1. The van der Waals surface area contributed by atoms with Crippen LogP contribution in [0.25, 0.3) is 21.9 Å². The fourth-order valence-electron chi connectivity index (χ4n) is 6.81. The second kappa shape index (κ2) is 13.4. The Bertz CT molecular complexity index is 1890. The summed E-state index contributed by atoms with van der Waals surface area (Å²) < 4.78 is 48.8. The minimum Gasteiger partial charge on any atom is -0.436 e. The van der Waals surface area contributed by atoms with Gasteiger partial charge in [-0.2, -0.15) is 13.2 Å². The number of rotatable bonds is 6. The third-order valence-corrected chi connectivity index (χ3v) is 10.2. The van der Waals surface area contributed by atoms with Crippen LogP contribution < -0.4 is 11.4 Å². The van der Waals surface area contributed by atoms with Gasteiger partial charge in [-0.05, 0) is 79.5 Å². The Morgan fingerprint density at radius 1 is 1.08 bits per heavy atom. The summed E-state index contributed by atoms with van der Waals surface area (Å²) in [5.41, 5.74) is 6.24. The predicted molar refractivity (Wildman–Crippen MR) is 179 cm³/mol. The molecule has 1 atom stereocenters. The van der Waals surface area contributed by atoms with E-state index in [0.717, 1.165) is 29.8 Å².